The zero-order valence-electron chi connectivity index (χ0n) is 10.6. The van der Waals surface area contributed by atoms with Crippen LogP contribution in [-0.4, -0.2) is 0 Å². The lowest BCUT2D eigenvalue weighted by atomic mass is 10.1. The molecule has 0 saturated heterocycles. The van der Waals surface area contributed by atoms with Gasteiger partial charge in [0.05, 0.1) is 0 Å². The molecule has 2 nitrogen and oxygen atoms in total. The monoisotopic (exact) mass is 263 g/mol. The summed E-state index contributed by atoms with van der Waals surface area (Å²) in [6, 6.07) is 10.3. The fourth-order valence-corrected chi connectivity index (χ4v) is 1.73. The Bertz CT molecular complexity index is 572. The average molecular weight is 263 g/mol. The van der Waals surface area contributed by atoms with Gasteiger partial charge in [-0.2, -0.15) is 0 Å². The van der Waals surface area contributed by atoms with Crippen LogP contribution >= 0.6 is 0 Å². The van der Waals surface area contributed by atoms with E-state index in [-0.39, 0.29) is 11.8 Å². The van der Waals surface area contributed by atoms with E-state index in [0.717, 1.165) is 24.1 Å². The minimum absolute atomic E-state index is 0.0105. The third kappa shape index (κ3) is 3.29. The van der Waals surface area contributed by atoms with Gasteiger partial charge in [-0.15, -0.1) is 0 Å². The second kappa shape index (κ2) is 5.80. The molecule has 0 aliphatic carbocycles. The molecule has 0 spiro atoms. The largest absolute Gasteiger partial charge is 0.454 e. The first kappa shape index (κ1) is 13.5. The van der Waals surface area contributed by atoms with E-state index >= 15 is 0 Å². The van der Waals surface area contributed by atoms with Crippen molar-refractivity contribution in [2.45, 2.75) is 19.4 Å². The van der Waals surface area contributed by atoms with Crippen LogP contribution in [0, 0.1) is 11.6 Å². The van der Waals surface area contributed by atoms with Crippen molar-refractivity contribution in [2.24, 2.45) is 5.73 Å². The molecule has 0 amide bonds. The van der Waals surface area contributed by atoms with Gasteiger partial charge < -0.3 is 10.5 Å². The van der Waals surface area contributed by atoms with Crippen LogP contribution in [-0.2, 0) is 0 Å². The molecule has 0 aliphatic rings. The van der Waals surface area contributed by atoms with Crippen molar-refractivity contribution in [3.05, 3.63) is 59.7 Å². The standard InChI is InChI=1S/C15H15F2NO/c1-2-14(18)10-4-3-5-12(8-10)19-15-7-6-11(16)9-13(15)17/h3-9,14H,2,18H2,1H3. The van der Waals surface area contributed by atoms with Crippen molar-refractivity contribution < 1.29 is 13.5 Å². The van der Waals surface area contributed by atoms with Gasteiger partial charge in [0.15, 0.2) is 11.6 Å². The van der Waals surface area contributed by atoms with Crippen LogP contribution < -0.4 is 10.5 Å². The molecule has 1 unspecified atom stereocenters. The number of hydrogen-bond acceptors (Lipinski definition) is 2. The molecular weight excluding hydrogens is 248 g/mol. The third-order valence-corrected chi connectivity index (χ3v) is 2.85. The summed E-state index contributed by atoms with van der Waals surface area (Å²) in [6.45, 7) is 1.98. The number of halogens is 2. The normalized spacial score (nSPS) is 12.2. The molecule has 0 aliphatic heterocycles. The summed E-state index contributed by atoms with van der Waals surface area (Å²) in [7, 11) is 0. The number of ether oxygens (including phenoxy) is 1. The van der Waals surface area contributed by atoms with E-state index < -0.39 is 11.6 Å². The summed E-state index contributed by atoms with van der Waals surface area (Å²) >= 11 is 0. The van der Waals surface area contributed by atoms with Crippen LogP contribution in [0.1, 0.15) is 24.9 Å². The first-order chi connectivity index (χ1) is 9.10. The second-order valence-electron chi connectivity index (χ2n) is 4.26. The molecular formula is C15H15F2NO. The summed E-state index contributed by atoms with van der Waals surface area (Å²) in [5.74, 6) is -0.896. The zero-order valence-corrected chi connectivity index (χ0v) is 10.6. The van der Waals surface area contributed by atoms with Crippen LogP contribution in [0.3, 0.4) is 0 Å². The minimum Gasteiger partial charge on any atom is -0.454 e. The van der Waals surface area contributed by atoms with Gasteiger partial charge in [-0.1, -0.05) is 19.1 Å². The Labute approximate surface area is 110 Å². The van der Waals surface area contributed by atoms with Crippen LogP contribution in [0.4, 0.5) is 8.78 Å². The number of benzene rings is 2. The molecule has 2 aromatic carbocycles. The van der Waals surface area contributed by atoms with E-state index in [0.29, 0.717) is 5.75 Å². The quantitative estimate of drug-likeness (QED) is 0.898. The fourth-order valence-electron chi connectivity index (χ4n) is 1.73. The van der Waals surface area contributed by atoms with E-state index in [2.05, 4.69) is 0 Å². The van der Waals surface area contributed by atoms with Crippen molar-refractivity contribution in [1.29, 1.82) is 0 Å². The summed E-state index contributed by atoms with van der Waals surface area (Å²) in [5, 5.41) is 0. The van der Waals surface area contributed by atoms with Crippen LogP contribution in [0.5, 0.6) is 11.5 Å². The molecule has 0 aromatic heterocycles. The van der Waals surface area contributed by atoms with Gasteiger partial charge in [0.25, 0.3) is 0 Å². The van der Waals surface area contributed by atoms with Gasteiger partial charge in [0.2, 0.25) is 0 Å². The predicted molar refractivity (Wildman–Crippen MR) is 70.1 cm³/mol. The maximum absolute atomic E-state index is 13.5. The lowest BCUT2D eigenvalue weighted by Crippen LogP contribution is -2.08. The van der Waals surface area contributed by atoms with Gasteiger partial charge in [0, 0.05) is 12.1 Å². The van der Waals surface area contributed by atoms with Crippen LogP contribution in [0.15, 0.2) is 42.5 Å². The molecule has 100 valence electrons. The fraction of sp³-hybridized carbons (Fsp3) is 0.200. The Hall–Kier alpha value is -1.94. The molecule has 0 saturated carbocycles. The Morgan fingerprint density at radius 2 is 1.95 bits per heavy atom. The number of rotatable bonds is 4. The maximum Gasteiger partial charge on any atom is 0.168 e. The summed E-state index contributed by atoms with van der Waals surface area (Å²) < 4.78 is 31.7. The lowest BCUT2D eigenvalue weighted by molar-refractivity contribution is 0.437. The molecule has 0 fully saturated rings. The first-order valence-corrected chi connectivity index (χ1v) is 6.08. The Balaban J connectivity index is 2.23. The van der Waals surface area contributed by atoms with E-state index in [4.69, 9.17) is 10.5 Å². The second-order valence-corrected chi connectivity index (χ2v) is 4.26. The molecule has 19 heavy (non-hydrogen) atoms. The van der Waals surface area contributed by atoms with E-state index in [1.54, 1.807) is 18.2 Å². The van der Waals surface area contributed by atoms with Crippen LogP contribution in [0.25, 0.3) is 0 Å². The predicted octanol–water partition coefficient (Wildman–Crippen LogP) is 4.17. The highest BCUT2D eigenvalue weighted by Crippen LogP contribution is 2.27. The Morgan fingerprint density at radius 1 is 1.16 bits per heavy atom. The third-order valence-electron chi connectivity index (χ3n) is 2.85. The average Bonchev–Trinajstić information content (AvgIpc) is 2.41. The van der Waals surface area contributed by atoms with Crippen molar-refractivity contribution in [3.63, 3.8) is 0 Å². The first-order valence-electron chi connectivity index (χ1n) is 6.08. The van der Waals surface area contributed by atoms with Crippen LogP contribution in [0.2, 0.25) is 0 Å². The highest BCUT2D eigenvalue weighted by molar-refractivity contribution is 5.35. The number of hydrogen-bond donors (Lipinski definition) is 1. The molecule has 0 radical (unpaired) electrons. The molecule has 2 N–H and O–H groups in total. The van der Waals surface area contributed by atoms with Gasteiger partial charge in [-0.25, -0.2) is 8.78 Å². The smallest absolute Gasteiger partial charge is 0.168 e. The summed E-state index contributed by atoms with van der Waals surface area (Å²) in [5.41, 5.74) is 6.85. The van der Waals surface area contributed by atoms with Crippen molar-refractivity contribution in [3.8, 4) is 11.5 Å². The maximum atomic E-state index is 13.5. The molecule has 4 heteroatoms. The SMILES string of the molecule is CCC(N)c1cccc(Oc2ccc(F)cc2F)c1. The molecule has 2 rings (SSSR count). The Kier molecular flexibility index (Phi) is 4.12. The van der Waals surface area contributed by atoms with Crippen molar-refractivity contribution >= 4 is 0 Å². The number of nitrogens with two attached hydrogens (primary N) is 1. The topological polar surface area (TPSA) is 35.2 Å². The van der Waals surface area contributed by atoms with E-state index in [1.165, 1.54) is 6.07 Å². The summed E-state index contributed by atoms with van der Waals surface area (Å²) in [4.78, 5) is 0. The van der Waals surface area contributed by atoms with Crippen molar-refractivity contribution in [2.75, 3.05) is 0 Å². The van der Waals surface area contributed by atoms with Gasteiger partial charge in [-0.05, 0) is 36.2 Å². The van der Waals surface area contributed by atoms with Gasteiger partial charge in [0.1, 0.15) is 11.6 Å². The molecule has 0 bridgehead atoms. The van der Waals surface area contributed by atoms with Gasteiger partial charge in [-0.3, -0.25) is 0 Å². The lowest BCUT2D eigenvalue weighted by Gasteiger charge is -2.12. The van der Waals surface area contributed by atoms with E-state index in [9.17, 15) is 8.78 Å². The highest BCUT2D eigenvalue weighted by atomic mass is 19.1. The zero-order chi connectivity index (χ0) is 13.8. The highest BCUT2D eigenvalue weighted by Gasteiger charge is 2.08. The minimum atomic E-state index is -0.731. The molecule has 1 atom stereocenters. The summed E-state index contributed by atoms with van der Waals surface area (Å²) in [6.07, 6.45) is 0.800. The van der Waals surface area contributed by atoms with E-state index in [1.807, 2.05) is 13.0 Å². The van der Waals surface area contributed by atoms with Crippen molar-refractivity contribution in [1.82, 2.24) is 0 Å². The van der Waals surface area contributed by atoms with Gasteiger partial charge >= 0.3 is 0 Å². The molecule has 0 heterocycles. The molecule has 2 aromatic rings. The Morgan fingerprint density at radius 3 is 2.63 bits per heavy atom.